The van der Waals surface area contributed by atoms with Crippen LogP contribution in [0.3, 0.4) is 0 Å². The summed E-state index contributed by atoms with van der Waals surface area (Å²) < 4.78 is 0. The maximum atomic E-state index is 11.9. The number of hydrogen-bond acceptors (Lipinski definition) is 3. The average Bonchev–Trinajstić information content (AvgIpc) is 2.82. The second-order valence-corrected chi connectivity index (χ2v) is 6.25. The molecule has 110 valence electrons. The molecule has 3 aromatic rings. The molecule has 4 nitrogen and oxygen atoms in total. The molecule has 2 N–H and O–H groups in total. The minimum Gasteiger partial charge on any atom is -0.378 e. The van der Waals surface area contributed by atoms with Crippen LogP contribution in [0.15, 0.2) is 53.5 Å². The Labute approximate surface area is 128 Å². The van der Waals surface area contributed by atoms with Gasteiger partial charge in [-0.25, -0.2) is 4.98 Å². The number of nitrogens with zero attached hydrogens (tertiary/aromatic N) is 1. The van der Waals surface area contributed by atoms with Gasteiger partial charge in [-0.2, -0.15) is 0 Å². The standard InChI is InChI=1S/C18H17N3O/c1-18(10-12-5-2-3-6-13(12)11-18)21-15-9-16(22)20-17-14(15)7-4-8-19-17/h2-9H,10-11H2,1H3,(H2,19,20,21,22). The number of aromatic nitrogens is 2. The normalized spacial score (nSPS) is 15.7. The molecule has 2 heterocycles. The Bertz CT molecular complexity index is 888. The number of nitrogens with one attached hydrogen (secondary N) is 2. The van der Waals surface area contributed by atoms with Gasteiger partial charge in [-0.3, -0.25) is 4.79 Å². The van der Waals surface area contributed by atoms with Crippen LogP contribution in [0.25, 0.3) is 11.0 Å². The highest BCUT2D eigenvalue weighted by molar-refractivity contribution is 5.88. The number of H-pyrrole nitrogens is 1. The summed E-state index contributed by atoms with van der Waals surface area (Å²) in [6.45, 7) is 2.20. The highest BCUT2D eigenvalue weighted by atomic mass is 16.1. The molecule has 0 bridgehead atoms. The lowest BCUT2D eigenvalue weighted by molar-refractivity contribution is 0.546. The van der Waals surface area contributed by atoms with E-state index in [0.717, 1.165) is 23.9 Å². The van der Waals surface area contributed by atoms with Crippen molar-refractivity contribution in [3.63, 3.8) is 0 Å². The van der Waals surface area contributed by atoms with Gasteiger partial charge in [-0.05, 0) is 43.0 Å². The van der Waals surface area contributed by atoms with Crippen LogP contribution in [0.2, 0.25) is 0 Å². The van der Waals surface area contributed by atoms with Crippen LogP contribution in [0.5, 0.6) is 0 Å². The van der Waals surface area contributed by atoms with Crippen LogP contribution in [0.4, 0.5) is 5.69 Å². The van der Waals surface area contributed by atoms with E-state index < -0.39 is 0 Å². The molecule has 0 saturated carbocycles. The Kier molecular flexibility index (Phi) is 2.79. The van der Waals surface area contributed by atoms with E-state index in [4.69, 9.17) is 0 Å². The SMILES string of the molecule is CC1(Nc2cc(=O)[nH]c3ncccc23)Cc2ccccc2C1. The fourth-order valence-electron chi connectivity index (χ4n) is 3.41. The van der Waals surface area contributed by atoms with Crippen molar-refractivity contribution in [3.05, 3.63) is 70.1 Å². The zero-order valence-corrected chi connectivity index (χ0v) is 12.4. The number of pyridine rings is 2. The molecular weight excluding hydrogens is 274 g/mol. The summed E-state index contributed by atoms with van der Waals surface area (Å²) in [4.78, 5) is 18.9. The van der Waals surface area contributed by atoms with E-state index in [2.05, 4.69) is 46.5 Å². The van der Waals surface area contributed by atoms with Crippen LogP contribution in [0, 0.1) is 0 Å². The van der Waals surface area contributed by atoms with Gasteiger partial charge < -0.3 is 10.3 Å². The minimum absolute atomic E-state index is 0.0831. The van der Waals surface area contributed by atoms with Crippen LogP contribution >= 0.6 is 0 Å². The number of rotatable bonds is 2. The molecule has 4 heteroatoms. The van der Waals surface area contributed by atoms with Crippen LogP contribution in [0.1, 0.15) is 18.1 Å². The van der Waals surface area contributed by atoms with E-state index in [1.807, 2.05) is 12.1 Å². The Morgan fingerprint density at radius 2 is 1.86 bits per heavy atom. The summed E-state index contributed by atoms with van der Waals surface area (Å²) in [5.74, 6) is 0. The first kappa shape index (κ1) is 13.1. The number of hydrogen-bond donors (Lipinski definition) is 2. The third kappa shape index (κ3) is 2.17. The first-order chi connectivity index (χ1) is 10.6. The van der Waals surface area contributed by atoms with Gasteiger partial charge in [0, 0.05) is 23.2 Å². The maximum Gasteiger partial charge on any atom is 0.251 e. The topological polar surface area (TPSA) is 57.8 Å². The van der Waals surface area contributed by atoms with Gasteiger partial charge in [0.1, 0.15) is 5.65 Å². The van der Waals surface area contributed by atoms with Crippen molar-refractivity contribution in [1.82, 2.24) is 9.97 Å². The Balaban J connectivity index is 1.75. The molecule has 0 fully saturated rings. The lowest BCUT2D eigenvalue weighted by atomic mass is 9.97. The lowest BCUT2D eigenvalue weighted by Crippen LogP contribution is -2.36. The quantitative estimate of drug-likeness (QED) is 0.763. The molecule has 0 atom stereocenters. The van der Waals surface area contributed by atoms with Gasteiger partial charge >= 0.3 is 0 Å². The van der Waals surface area contributed by atoms with Crippen molar-refractivity contribution in [1.29, 1.82) is 0 Å². The van der Waals surface area contributed by atoms with Crippen LogP contribution < -0.4 is 10.9 Å². The lowest BCUT2D eigenvalue weighted by Gasteiger charge is -2.27. The molecule has 2 aromatic heterocycles. The molecule has 0 unspecified atom stereocenters. The van der Waals surface area contributed by atoms with Gasteiger partial charge in [0.15, 0.2) is 0 Å². The molecule has 0 amide bonds. The number of benzene rings is 1. The van der Waals surface area contributed by atoms with Crippen molar-refractivity contribution in [2.45, 2.75) is 25.3 Å². The summed E-state index contributed by atoms with van der Waals surface area (Å²) in [7, 11) is 0. The fourth-order valence-corrected chi connectivity index (χ4v) is 3.41. The predicted octanol–water partition coefficient (Wildman–Crippen LogP) is 2.89. The van der Waals surface area contributed by atoms with E-state index in [0.29, 0.717) is 5.65 Å². The van der Waals surface area contributed by atoms with Crippen molar-refractivity contribution in [2.75, 3.05) is 5.32 Å². The summed E-state index contributed by atoms with van der Waals surface area (Å²) >= 11 is 0. The number of anilines is 1. The number of fused-ring (bicyclic) bond motifs is 2. The van der Waals surface area contributed by atoms with E-state index >= 15 is 0 Å². The van der Waals surface area contributed by atoms with Gasteiger partial charge in [0.2, 0.25) is 0 Å². The summed E-state index contributed by atoms with van der Waals surface area (Å²) in [5.41, 5.74) is 4.02. The first-order valence-corrected chi connectivity index (χ1v) is 7.46. The average molecular weight is 291 g/mol. The summed E-state index contributed by atoms with van der Waals surface area (Å²) in [5, 5.41) is 4.53. The Hall–Kier alpha value is -2.62. The molecule has 1 aliphatic rings. The molecule has 1 aliphatic carbocycles. The van der Waals surface area contributed by atoms with Crippen LogP contribution in [-0.4, -0.2) is 15.5 Å². The molecule has 4 rings (SSSR count). The molecule has 0 saturated heterocycles. The van der Waals surface area contributed by atoms with E-state index in [1.54, 1.807) is 12.3 Å². The third-order valence-electron chi connectivity index (χ3n) is 4.33. The highest BCUT2D eigenvalue weighted by Crippen LogP contribution is 2.33. The van der Waals surface area contributed by atoms with Crippen molar-refractivity contribution < 1.29 is 0 Å². The molecule has 0 aliphatic heterocycles. The maximum absolute atomic E-state index is 11.9. The molecule has 22 heavy (non-hydrogen) atoms. The second kappa shape index (κ2) is 4.70. The van der Waals surface area contributed by atoms with Gasteiger partial charge in [-0.1, -0.05) is 24.3 Å². The van der Waals surface area contributed by atoms with E-state index in [-0.39, 0.29) is 11.1 Å². The first-order valence-electron chi connectivity index (χ1n) is 7.46. The third-order valence-corrected chi connectivity index (χ3v) is 4.33. The van der Waals surface area contributed by atoms with Crippen molar-refractivity contribution in [2.24, 2.45) is 0 Å². The van der Waals surface area contributed by atoms with Crippen molar-refractivity contribution >= 4 is 16.7 Å². The largest absolute Gasteiger partial charge is 0.378 e. The molecule has 0 spiro atoms. The van der Waals surface area contributed by atoms with Gasteiger partial charge in [0.05, 0.1) is 5.69 Å². The van der Waals surface area contributed by atoms with Crippen LogP contribution in [-0.2, 0) is 12.8 Å². The van der Waals surface area contributed by atoms with E-state index in [9.17, 15) is 4.79 Å². The molecule has 1 aromatic carbocycles. The Morgan fingerprint density at radius 3 is 2.59 bits per heavy atom. The van der Waals surface area contributed by atoms with E-state index in [1.165, 1.54) is 11.1 Å². The van der Waals surface area contributed by atoms with Gasteiger partial charge in [0.25, 0.3) is 5.56 Å². The zero-order valence-electron chi connectivity index (χ0n) is 12.4. The predicted molar refractivity (Wildman–Crippen MR) is 88.2 cm³/mol. The minimum atomic E-state index is -0.132. The smallest absolute Gasteiger partial charge is 0.251 e. The zero-order chi connectivity index (χ0) is 15.2. The number of aromatic amines is 1. The second-order valence-electron chi connectivity index (χ2n) is 6.25. The fraction of sp³-hybridized carbons (Fsp3) is 0.222. The molecular formula is C18H17N3O. The Morgan fingerprint density at radius 1 is 1.14 bits per heavy atom. The van der Waals surface area contributed by atoms with Crippen molar-refractivity contribution in [3.8, 4) is 0 Å². The summed E-state index contributed by atoms with van der Waals surface area (Å²) in [6.07, 6.45) is 3.60. The molecule has 0 radical (unpaired) electrons. The summed E-state index contributed by atoms with van der Waals surface area (Å²) in [6, 6.07) is 14.0. The highest BCUT2D eigenvalue weighted by Gasteiger charge is 2.32. The van der Waals surface area contributed by atoms with Gasteiger partial charge in [-0.15, -0.1) is 0 Å². The monoisotopic (exact) mass is 291 g/mol.